The summed E-state index contributed by atoms with van der Waals surface area (Å²) in [5.41, 5.74) is 3.80. The summed E-state index contributed by atoms with van der Waals surface area (Å²) in [7, 11) is 1.54. The number of anilines is 2. The molecule has 38 heavy (non-hydrogen) atoms. The molecule has 5 nitrogen and oxygen atoms in total. The number of hydrogen-bond acceptors (Lipinski definition) is 4. The highest BCUT2D eigenvalue weighted by Crippen LogP contribution is 2.38. The van der Waals surface area contributed by atoms with Crippen molar-refractivity contribution in [3.8, 4) is 5.75 Å². The minimum atomic E-state index is -0.526. The Balaban J connectivity index is 1.47. The van der Waals surface area contributed by atoms with Gasteiger partial charge in [0.25, 0.3) is 0 Å². The number of benzene rings is 4. The van der Waals surface area contributed by atoms with E-state index in [9.17, 15) is 9.59 Å². The minimum Gasteiger partial charge on any atom is -0.495 e. The summed E-state index contributed by atoms with van der Waals surface area (Å²) in [6.07, 6.45) is 0.248. The molecule has 0 saturated carbocycles. The molecule has 0 heterocycles. The van der Waals surface area contributed by atoms with E-state index in [0.29, 0.717) is 27.2 Å². The van der Waals surface area contributed by atoms with Gasteiger partial charge in [-0.25, -0.2) is 0 Å². The second-order valence-electron chi connectivity index (χ2n) is 8.58. The van der Waals surface area contributed by atoms with Crippen molar-refractivity contribution in [2.75, 3.05) is 17.7 Å². The molecule has 4 rings (SSSR count). The van der Waals surface area contributed by atoms with E-state index >= 15 is 0 Å². The van der Waals surface area contributed by atoms with Gasteiger partial charge in [0.1, 0.15) is 11.0 Å². The molecule has 0 aliphatic carbocycles. The number of halogens is 2. The van der Waals surface area contributed by atoms with Crippen molar-refractivity contribution in [3.05, 3.63) is 118 Å². The van der Waals surface area contributed by atoms with Crippen LogP contribution < -0.4 is 15.4 Å². The molecular formula is C30H26Cl2N2O3S. The molecule has 1 unspecified atom stereocenters. The van der Waals surface area contributed by atoms with Crippen LogP contribution in [0.3, 0.4) is 0 Å². The van der Waals surface area contributed by atoms with Crippen LogP contribution in [-0.2, 0) is 16.0 Å². The van der Waals surface area contributed by atoms with Crippen LogP contribution in [0.4, 0.5) is 11.4 Å². The van der Waals surface area contributed by atoms with E-state index in [0.717, 1.165) is 21.6 Å². The maximum absolute atomic E-state index is 13.5. The van der Waals surface area contributed by atoms with Crippen molar-refractivity contribution in [2.24, 2.45) is 0 Å². The molecule has 4 aromatic carbocycles. The van der Waals surface area contributed by atoms with Crippen LogP contribution in [0.25, 0.3) is 0 Å². The maximum atomic E-state index is 13.5. The summed E-state index contributed by atoms with van der Waals surface area (Å²) in [4.78, 5) is 26.8. The Labute approximate surface area is 236 Å². The van der Waals surface area contributed by atoms with E-state index in [1.807, 2.05) is 73.7 Å². The van der Waals surface area contributed by atoms with Crippen molar-refractivity contribution in [1.82, 2.24) is 0 Å². The first-order valence-corrected chi connectivity index (χ1v) is 13.5. The van der Waals surface area contributed by atoms with Gasteiger partial charge in [0, 0.05) is 26.7 Å². The number of methoxy groups -OCH3 is 1. The molecule has 194 valence electrons. The predicted molar refractivity (Wildman–Crippen MR) is 157 cm³/mol. The van der Waals surface area contributed by atoms with Gasteiger partial charge in [0.15, 0.2) is 0 Å². The van der Waals surface area contributed by atoms with Crippen LogP contribution >= 0.6 is 35.0 Å². The molecule has 1 atom stereocenters. The number of aryl methyl sites for hydroxylation is 1. The van der Waals surface area contributed by atoms with Gasteiger partial charge in [-0.2, -0.15) is 0 Å². The SMILES string of the molecule is COc1cc(Cl)c(C)cc1NC(=O)C(Sc1ccc(NC(=O)Cc2ccc(Cl)cc2)cc1)c1ccccc1. The van der Waals surface area contributed by atoms with Crippen LogP contribution in [0.15, 0.2) is 95.9 Å². The highest BCUT2D eigenvalue weighted by atomic mass is 35.5. The van der Waals surface area contributed by atoms with Crippen LogP contribution in [0.2, 0.25) is 10.0 Å². The molecule has 0 radical (unpaired) electrons. The molecule has 0 aliphatic heterocycles. The number of carbonyl (C=O) groups is 2. The number of thioether (sulfide) groups is 1. The van der Waals surface area contributed by atoms with Gasteiger partial charge in [0.2, 0.25) is 11.8 Å². The standard InChI is InChI=1S/C30H26Cl2N2O3S/c1-19-16-26(27(37-2)18-25(19)32)34-30(36)29(21-6-4-3-5-7-21)38-24-14-12-23(13-15-24)33-28(35)17-20-8-10-22(31)11-9-20/h3-16,18,29H,17H2,1-2H3,(H,33,35)(H,34,36). The monoisotopic (exact) mass is 564 g/mol. The summed E-state index contributed by atoms with van der Waals surface area (Å²) in [5.74, 6) is 0.174. The topological polar surface area (TPSA) is 67.4 Å². The molecule has 0 aromatic heterocycles. The Hall–Kier alpha value is -3.45. The van der Waals surface area contributed by atoms with E-state index in [4.69, 9.17) is 27.9 Å². The number of rotatable bonds is 9. The Morgan fingerprint density at radius 2 is 1.58 bits per heavy atom. The van der Waals surface area contributed by atoms with E-state index in [1.54, 1.807) is 24.3 Å². The zero-order valence-electron chi connectivity index (χ0n) is 20.8. The number of hydrogen-bond donors (Lipinski definition) is 2. The third-order valence-corrected chi connectivity index (χ3v) is 7.67. The lowest BCUT2D eigenvalue weighted by atomic mass is 10.1. The third kappa shape index (κ3) is 7.32. The molecule has 0 aliphatic rings. The summed E-state index contributed by atoms with van der Waals surface area (Å²) in [5, 5.41) is 6.58. The molecule has 4 aromatic rings. The predicted octanol–water partition coefficient (Wildman–Crippen LogP) is 7.96. The Bertz CT molecular complexity index is 1410. The molecule has 8 heteroatoms. The molecule has 0 bridgehead atoms. The number of nitrogens with one attached hydrogen (secondary N) is 2. The third-order valence-electron chi connectivity index (χ3n) is 5.75. The van der Waals surface area contributed by atoms with Gasteiger partial charge in [-0.1, -0.05) is 65.7 Å². The summed E-state index contributed by atoms with van der Waals surface area (Å²) < 4.78 is 5.43. The number of amides is 2. The van der Waals surface area contributed by atoms with Crippen molar-refractivity contribution in [1.29, 1.82) is 0 Å². The van der Waals surface area contributed by atoms with Crippen molar-refractivity contribution in [3.63, 3.8) is 0 Å². The van der Waals surface area contributed by atoms with Gasteiger partial charge in [-0.05, 0) is 66.1 Å². The average Bonchev–Trinajstić information content (AvgIpc) is 2.92. The van der Waals surface area contributed by atoms with Crippen LogP contribution in [0.1, 0.15) is 21.9 Å². The van der Waals surface area contributed by atoms with E-state index < -0.39 is 5.25 Å². The lowest BCUT2D eigenvalue weighted by Gasteiger charge is -2.19. The van der Waals surface area contributed by atoms with Crippen LogP contribution in [-0.4, -0.2) is 18.9 Å². The van der Waals surface area contributed by atoms with Gasteiger partial charge in [-0.15, -0.1) is 11.8 Å². The smallest absolute Gasteiger partial charge is 0.242 e. The van der Waals surface area contributed by atoms with Crippen molar-refractivity contribution < 1.29 is 14.3 Å². The molecule has 2 N–H and O–H groups in total. The minimum absolute atomic E-state index is 0.124. The highest BCUT2D eigenvalue weighted by Gasteiger charge is 2.23. The number of carbonyl (C=O) groups excluding carboxylic acids is 2. The van der Waals surface area contributed by atoms with Gasteiger partial charge in [0.05, 0.1) is 19.2 Å². The van der Waals surface area contributed by atoms with Crippen LogP contribution in [0, 0.1) is 6.92 Å². The fourth-order valence-electron chi connectivity index (χ4n) is 3.77. The van der Waals surface area contributed by atoms with Gasteiger partial charge >= 0.3 is 0 Å². The summed E-state index contributed by atoms with van der Waals surface area (Å²) in [6.45, 7) is 1.87. The zero-order valence-corrected chi connectivity index (χ0v) is 23.2. The van der Waals surface area contributed by atoms with Gasteiger partial charge < -0.3 is 15.4 Å². The molecule has 2 amide bonds. The lowest BCUT2D eigenvalue weighted by molar-refractivity contribution is -0.116. The van der Waals surface area contributed by atoms with E-state index in [2.05, 4.69) is 10.6 Å². The molecular weight excluding hydrogens is 539 g/mol. The second kappa shape index (κ2) is 12.9. The normalized spacial score (nSPS) is 11.5. The molecule has 0 spiro atoms. The van der Waals surface area contributed by atoms with Crippen LogP contribution in [0.5, 0.6) is 5.75 Å². The Morgan fingerprint density at radius 3 is 2.24 bits per heavy atom. The first-order chi connectivity index (χ1) is 18.3. The van der Waals surface area contributed by atoms with Gasteiger partial charge in [-0.3, -0.25) is 9.59 Å². The summed E-state index contributed by atoms with van der Waals surface area (Å²) in [6, 6.07) is 27.7. The average molecular weight is 566 g/mol. The summed E-state index contributed by atoms with van der Waals surface area (Å²) >= 11 is 13.6. The Kier molecular flexibility index (Phi) is 9.34. The van der Waals surface area contributed by atoms with Crippen molar-refractivity contribution in [2.45, 2.75) is 23.5 Å². The highest BCUT2D eigenvalue weighted by molar-refractivity contribution is 8.00. The van der Waals surface area contributed by atoms with E-state index in [1.165, 1.54) is 18.9 Å². The maximum Gasteiger partial charge on any atom is 0.242 e. The molecule has 0 saturated heterocycles. The zero-order chi connectivity index (χ0) is 27.1. The van der Waals surface area contributed by atoms with Crippen molar-refractivity contribution >= 4 is 58.2 Å². The fourth-order valence-corrected chi connectivity index (χ4v) is 5.08. The fraction of sp³-hybridized carbons (Fsp3) is 0.133. The largest absolute Gasteiger partial charge is 0.495 e. The Morgan fingerprint density at radius 1 is 0.895 bits per heavy atom. The second-order valence-corrected chi connectivity index (χ2v) is 10.6. The quantitative estimate of drug-likeness (QED) is 0.202. The first kappa shape index (κ1) is 27.6. The van der Waals surface area contributed by atoms with E-state index in [-0.39, 0.29) is 18.2 Å². The lowest BCUT2D eigenvalue weighted by Crippen LogP contribution is -2.19. The molecule has 0 fully saturated rings. The number of ether oxygens (including phenoxy) is 1. The first-order valence-electron chi connectivity index (χ1n) is 11.8.